The number of aryl methyl sites for hydroxylation is 1. The lowest BCUT2D eigenvalue weighted by Gasteiger charge is -2.32. The Morgan fingerprint density at radius 2 is 1.82 bits per heavy atom. The highest BCUT2D eigenvalue weighted by molar-refractivity contribution is 5.26. The van der Waals surface area contributed by atoms with E-state index in [1.54, 1.807) is 5.56 Å². The Labute approximate surface area is 105 Å². The topological polar surface area (TPSA) is 26.0 Å². The van der Waals surface area contributed by atoms with Gasteiger partial charge in [0.25, 0.3) is 0 Å². The summed E-state index contributed by atoms with van der Waals surface area (Å²) >= 11 is 0. The Hall–Kier alpha value is -0.820. The summed E-state index contributed by atoms with van der Waals surface area (Å²) in [6.07, 6.45) is 8.10. The van der Waals surface area contributed by atoms with Crippen molar-refractivity contribution < 1.29 is 0 Å². The number of rotatable bonds is 4. The summed E-state index contributed by atoms with van der Waals surface area (Å²) < 4.78 is 0. The molecule has 1 fully saturated rings. The molecule has 2 N–H and O–H groups in total. The molecule has 0 amide bonds. The van der Waals surface area contributed by atoms with Crippen molar-refractivity contribution in [2.75, 3.05) is 6.54 Å². The average Bonchev–Trinajstić information content (AvgIpc) is 2.35. The SMILES string of the molecule is Cc1ccccc1CC1CCCCC1CCN. The highest BCUT2D eigenvalue weighted by Gasteiger charge is 2.24. The lowest BCUT2D eigenvalue weighted by atomic mass is 9.74. The van der Waals surface area contributed by atoms with E-state index in [1.165, 1.54) is 44.1 Å². The van der Waals surface area contributed by atoms with E-state index in [-0.39, 0.29) is 0 Å². The molecule has 17 heavy (non-hydrogen) atoms. The van der Waals surface area contributed by atoms with Gasteiger partial charge in [0.05, 0.1) is 0 Å². The molecule has 0 bridgehead atoms. The summed E-state index contributed by atoms with van der Waals surface area (Å²) in [5.74, 6) is 1.74. The van der Waals surface area contributed by atoms with Gasteiger partial charge in [0.15, 0.2) is 0 Å². The van der Waals surface area contributed by atoms with Gasteiger partial charge in [-0.1, -0.05) is 43.5 Å². The first kappa shape index (κ1) is 12.6. The van der Waals surface area contributed by atoms with Crippen molar-refractivity contribution in [3.63, 3.8) is 0 Å². The molecule has 1 aliphatic carbocycles. The van der Waals surface area contributed by atoms with Crippen molar-refractivity contribution in [3.8, 4) is 0 Å². The van der Waals surface area contributed by atoms with E-state index in [0.717, 1.165) is 18.4 Å². The molecule has 1 aliphatic rings. The minimum atomic E-state index is 0.856. The van der Waals surface area contributed by atoms with Crippen LogP contribution >= 0.6 is 0 Å². The third kappa shape index (κ3) is 3.32. The fourth-order valence-corrected chi connectivity index (χ4v) is 3.27. The first-order chi connectivity index (χ1) is 8.31. The van der Waals surface area contributed by atoms with Crippen LogP contribution in [0.15, 0.2) is 24.3 Å². The Balaban J connectivity index is 2.03. The summed E-state index contributed by atoms with van der Waals surface area (Å²) in [6.45, 7) is 3.09. The maximum Gasteiger partial charge on any atom is -0.00745 e. The molecule has 0 radical (unpaired) electrons. The molecule has 1 aromatic carbocycles. The molecule has 2 atom stereocenters. The van der Waals surface area contributed by atoms with Crippen LogP contribution in [-0.4, -0.2) is 6.54 Å². The molecule has 0 spiro atoms. The molecule has 0 aliphatic heterocycles. The Morgan fingerprint density at radius 1 is 1.12 bits per heavy atom. The third-order valence-electron chi connectivity index (χ3n) is 4.35. The first-order valence-corrected chi connectivity index (χ1v) is 7.06. The van der Waals surface area contributed by atoms with Gasteiger partial charge in [-0.3, -0.25) is 0 Å². The van der Waals surface area contributed by atoms with Crippen LogP contribution in [0.3, 0.4) is 0 Å². The second-order valence-electron chi connectivity index (χ2n) is 5.51. The van der Waals surface area contributed by atoms with Gasteiger partial charge in [-0.2, -0.15) is 0 Å². The first-order valence-electron chi connectivity index (χ1n) is 7.06. The predicted molar refractivity (Wildman–Crippen MR) is 74.0 cm³/mol. The van der Waals surface area contributed by atoms with Gasteiger partial charge >= 0.3 is 0 Å². The van der Waals surface area contributed by atoms with Crippen molar-refractivity contribution in [2.24, 2.45) is 17.6 Å². The van der Waals surface area contributed by atoms with Gasteiger partial charge in [0.2, 0.25) is 0 Å². The molecule has 2 unspecified atom stereocenters. The van der Waals surface area contributed by atoms with Crippen LogP contribution in [0.5, 0.6) is 0 Å². The van der Waals surface area contributed by atoms with Crippen molar-refractivity contribution in [1.29, 1.82) is 0 Å². The molecule has 2 rings (SSSR count). The lowest BCUT2D eigenvalue weighted by Crippen LogP contribution is -2.24. The fraction of sp³-hybridized carbons (Fsp3) is 0.625. The van der Waals surface area contributed by atoms with Gasteiger partial charge in [-0.25, -0.2) is 0 Å². The van der Waals surface area contributed by atoms with E-state index in [1.807, 2.05) is 0 Å². The molecule has 1 saturated carbocycles. The summed E-state index contributed by atoms with van der Waals surface area (Å²) in [7, 11) is 0. The van der Waals surface area contributed by atoms with E-state index < -0.39 is 0 Å². The van der Waals surface area contributed by atoms with Crippen molar-refractivity contribution in [3.05, 3.63) is 35.4 Å². The minimum absolute atomic E-state index is 0.856. The fourth-order valence-electron chi connectivity index (χ4n) is 3.27. The highest BCUT2D eigenvalue weighted by Crippen LogP contribution is 2.34. The van der Waals surface area contributed by atoms with Gasteiger partial charge in [0, 0.05) is 0 Å². The molecule has 1 aromatic rings. The molecule has 0 aromatic heterocycles. The average molecular weight is 231 g/mol. The molecule has 0 saturated heterocycles. The lowest BCUT2D eigenvalue weighted by molar-refractivity contribution is 0.225. The Kier molecular flexibility index (Phi) is 4.61. The largest absolute Gasteiger partial charge is 0.330 e. The molecule has 94 valence electrons. The van der Waals surface area contributed by atoms with Crippen molar-refractivity contribution in [2.45, 2.75) is 45.4 Å². The van der Waals surface area contributed by atoms with Crippen LogP contribution in [0.2, 0.25) is 0 Å². The minimum Gasteiger partial charge on any atom is -0.330 e. The van der Waals surface area contributed by atoms with Crippen molar-refractivity contribution >= 4 is 0 Å². The number of hydrogen-bond donors (Lipinski definition) is 1. The standard InChI is InChI=1S/C16H25N/c1-13-6-2-3-8-15(13)12-16-9-5-4-7-14(16)10-11-17/h2-3,6,8,14,16H,4-5,7,9-12,17H2,1H3. The molecule has 0 heterocycles. The van der Waals surface area contributed by atoms with Crippen LogP contribution in [0, 0.1) is 18.8 Å². The van der Waals surface area contributed by atoms with Crippen LogP contribution in [0.1, 0.15) is 43.2 Å². The third-order valence-corrected chi connectivity index (χ3v) is 4.35. The number of benzene rings is 1. The van der Waals surface area contributed by atoms with Crippen LogP contribution in [0.4, 0.5) is 0 Å². The quantitative estimate of drug-likeness (QED) is 0.840. The summed E-state index contributed by atoms with van der Waals surface area (Å²) in [6, 6.07) is 8.83. The van der Waals surface area contributed by atoms with Crippen LogP contribution < -0.4 is 5.73 Å². The number of nitrogens with two attached hydrogens (primary N) is 1. The second kappa shape index (κ2) is 6.20. The van der Waals surface area contributed by atoms with Gasteiger partial charge in [-0.05, 0) is 55.7 Å². The van der Waals surface area contributed by atoms with Crippen LogP contribution in [-0.2, 0) is 6.42 Å². The molecular formula is C16H25N. The Bertz CT molecular complexity index is 343. The normalized spacial score (nSPS) is 24.8. The van der Waals surface area contributed by atoms with E-state index in [9.17, 15) is 0 Å². The van der Waals surface area contributed by atoms with E-state index in [2.05, 4.69) is 31.2 Å². The van der Waals surface area contributed by atoms with Gasteiger partial charge < -0.3 is 5.73 Å². The zero-order valence-electron chi connectivity index (χ0n) is 11.0. The van der Waals surface area contributed by atoms with E-state index in [4.69, 9.17) is 5.73 Å². The second-order valence-corrected chi connectivity index (χ2v) is 5.51. The highest BCUT2D eigenvalue weighted by atomic mass is 14.5. The molecule has 1 heteroatoms. The summed E-state index contributed by atoms with van der Waals surface area (Å²) in [4.78, 5) is 0. The molecule has 1 nitrogen and oxygen atoms in total. The maximum atomic E-state index is 5.74. The van der Waals surface area contributed by atoms with Crippen LogP contribution in [0.25, 0.3) is 0 Å². The van der Waals surface area contributed by atoms with E-state index in [0.29, 0.717) is 0 Å². The zero-order chi connectivity index (χ0) is 12.1. The number of hydrogen-bond acceptors (Lipinski definition) is 1. The zero-order valence-corrected chi connectivity index (χ0v) is 11.0. The Morgan fingerprint density at radius 3 is 2.53 bits per heavy atom. The van der Waals surface area contributed by atoms with Gasteiger partial charge in [-0.15, -0.1) is 0 Å². The summed E-state index contributed by atoms with van der Waals surface area (Å²) in [5, 5.41) is 0. The predicted octanol–water partition coefficient (Wildman–Crippen LogP) is 3.69. The van der Waals surface area contributed by atoms with E-state index >= 15 is 0 Å². The molecular weight excluding hydrogens is 206 g/mol. The monoisotopic (exact) mass is 231 g/mol. The smallest absolute Gasteiger partial charge is 0.00745 e. The maximum absolute atomic E-state index is 5.74. The van der Waals surface area contributed by atoms with Gasteiger partial charge in [0.1, 0.15) is 0 Å². The summed E-state index contributed by atoms with van der Waals surface area (Å²) in [5.41, 5.74) is 8.74. The van der Waals surface area contributed by atoms with Crippen molar-refractivity contribution in [1.82, 2.24) is 0 Å².